The summed E-state index contributed by atoms with van der Waals surface area (Å²) in [5.41, 5.74) is 0.263. The van der Waals surface area contributed by atoms with Crippen LogP contribution in [0.1, 0.15) is 19.4 Å². The van der Waals surface area contributed by atoms with E-state index in [1.807, 2.05) is 12.1 Å². The first kappa shape index (κ1) is 19.8. The molecule has 1 heterocycles. The van der Waals surface area contributed by atoms with Gasteiger partial charge in [-0.25, -0.2) is 0 Å². The zero-order valence-corrected chi connectivity index (χ0v) is 15.9. The molecule has 6 nitrogen and oxygen atoms in total. The maximum atomic E-state index is 12.1. The van der Waals surface area contributed by atoms with Crippen molar-refractivity contribution >= 4 is 35.2 Å². The van der Waals surface area contributed by atoms with Crippen molar-refractivity contribution in [3.05, 3.63) is 45.5 Å². The van der Waals surface area contributed by atoms with Crippen LogP contribution in [0, 0.1) is 34.0 Å². The van der Waals surface area contributed by atoms with Crippen molar-refractivity contribution in [1.29, 1.82) is 10.5 Å². The Hall–Kier alpha value is -2.48. The molecule has 1 aromatic rings. The molecule has 26 heavy (non-hydrogen) atoms. The van der Waals surface area contributed by atoms with Crippen LogP contribution in [0.3, 0.4) is 0 Å². The van der Waals surface area contributed by atoms with Gasteiger partial charge in [0.1, 0.15) is 5.92 Å². The number of benzene rings is 1. The van der Waals surface area contributed by atoms with Gasteiger partial charge in [-0.05, 0) is 17.7 Å². The van der Waals surface area contributed by atoms with Crippen LogP contribution in [-0.2, 0) is 16.1 Å². The van der Waals surface area contributed by atoms with E-state index in [1.54, 1.807) is 32.0 Å². The third-order valence-corrected chi connectivity index (χ3v) is 5.30. The number of rotatable bonds is 5. The van der Waals surface area contributed by atoms with Crippen molar-refractivity contribution in [3.63, 3.8) is 0 Å². The summed E-state index contributed by atoms with van der Waals surface area (Å²) >= 11 is 6.98. The van der Waals surface area contributed by atoms with Gasteiger partial charge in [0.25, 0.3) is 0 Å². The molecule has 0 fully saturated rings. The van der Waals surface area contributed by atoms with Crippen LogP contribution < -0.4 is 10.6 Å². The molecule has 0 aliphatic carbocycles. The third kappa shape index (κ3) is 4.37. The van der Waals surface area contributed by atoms with Gasteiger partial charge in [0.2, 0.25) is 11.8 Å². The molecule has 0 spiro atoms. The fourth-order valence-corrected chi connectivity index (χ4v) is 3.79. The van der Waals surface area contributed by atoms with E-state index < -0.39 is 17.2 Å². The summed E-state index contributed by atoms with van der Waals surface area (Å²) < 4.78 is 0. The first-order valence-electron chi connectivity index (χ1n) is 7.79. The van der Waals surface area contributed by atoms with Crippen LogP contribution in [0.4, 0.5) is 0 Å². The number of thioether (sulfide) groups is 1. The molecule has 2 rings (SSSR count). The number of hydrogen-bond acceptors (Lipinski definition) is 5. The lowest BCUT2D eigenvalue weighted by Crippen LogP contribution is -2.44. The molecule has 1 aromatic carbocycles. The average Bonchev–Trinajstić information content (AvgIpc) is 2.57. The summed E-state index contributed by atoms with van der Waals surface area (Å²) in [6.45, 7) is 3.69. The zero-order valence-electron chi connectivity index (χ0n) is 14.3. The minimum absolute atomic E-state index is 0.0364. The van der Waals surface area contributed by atoms with E-state index >= 15 is 0 Å². The van der Waals surface area contributed by atoms with Gasteiger partial charge in [-0.1, -0.05) is 49.3 Å². The highest BCUT2D eigenvalue weighted by molar-refractivity contribution is 8.03. The number of carbonyl (C=O) groups excluding carboxylic acids is 2. The number of allylic oxidation sites excluding steroid dienone is 1. The van der Waals surface area contributed by atoms with Gasteiger partial charge in [-0.15, -0.1) is 0 Å². The number of nitrogens with one attached hydrogen (secondary N) is 2. The smallest absolute Gasteiger partial charge is 0.243 e. The lowest BCUT2D eigenvalue weighted by Gasteiger charge is -2.34. The van der Waals surface area contributed by atoms with E-state index in [2.05, 4.69) is 16.7 Å². The summed E-state index contributed by atoms with van der Waals surface area (Å²) in [6, 6.07) is 11.2. The molecule has 1 aliphatic heterocycles. The molecule has 0 saturated carbocycles. The Morgan fingerprint density at radius 3 is 2.77 bits per heavy atom. The average molecular weight is 389 g/mol. The maximum absolute atomic E-state index is 12.1. The molecule has 1 aliphatic rings. The molecule has 0 unspecified atom stereocenters. The van der Waals surface area contributed by atoms with Gasteiger partial charge in [0.15, 0.2) is 0 Å². The van der Waals surface area contributed by atoms with Gasteiger partial charge in [0.05, 0.1) is 28.5 Å². The second-order valence-electron chi connectivity index (χ2n) is 6.28. The summed E-state index contributed by atoms with van der Waals surface area (Å²) in [5.74, 6) is -1.61. The van der Waals surface area contributed by atoms with Gasteiger partial charge < -0.3 is 10.6 Å². The van der Waals surface area contributed by atoms with Crippen LogP contribution in [-0.4, -0.2) is 17.6 Å². The van der Waals surface area contributed by atoms with Crippen LogP contribution in [0.25, 0.3) is 0 Å². The molecule has 2 N–H and O–H groups in total. The van der Waals surface area contributed by atoms with E-state index in [4.69, 9.17) is 11.6 Å². The molecule has 0 radical (unpaired) electrons. The fourth-order valence-electron chi connectivity index (χ4n) is 2.57. The monoisotopic (exact) mass is 388 g/mol. The molecule has 134 valence electrons. The van der Waals surface area contributed by atoms with Crippen LogP contribution >= 0.6 is 23.4 Å². The maximum Gasteiger partial charge on any atom is 0.243 e. The predicted octanol–water partition coefficient (Wildman–Crippen LogP) is 2.72. The standard InChI is InChI=1S/C18H17ClN4O2S/c1-18(2)13(7-20)16(25)23-17(14(18)8-21)26-10-15(24)22-9-11-4-3-5-12(19)6-11/h3-6,13H,9-10H2,1-2H3,(H,22,24)(H,23,25)/t13-/m1/s1. The number of hydrogen-bond donors (Lipinski definition) is 2. The number of nitrogens with zero attached hydrogens (tertiary/aromatic N) is 2. The molecular weight excluding hydrogens is 372 g/mol. The number of nitriles is 2. The minimum Gasteiger partial charge on any atom is -0.351 e. The quantitative estimate of drug-likeness (QED) is 0.806. The summed E-state index contributed by atoms with van der Waals surface area (Å²) in [7, 11) is 0. The van der Waals surface area contributed by atoms with Crippen molar-refractivity contribution in [1.82, 2.24) is 10.6 Å². The van der Waals surface area contributed by atoms with Crippen LogP contribution in [0.5, 0.6) is 0 Å². The normalized spacial score (nSPS) is 18.5. The lowest BCUT2D eigenvalue weighted by molar-refractivity contribution is -0.125. The number of halogens is 1. The summed E-state index contributed by atoms with van der Waals surface area (Å²) in [4.78, 5) is 24.2. The molecular formula is C18H17ClN4O2S. The molecule has 1 atom stereocenters. The lowest BCUT2D eigenvalue weighted by atomic mass is 9.72. The van der Waals surface area contributed by atoms with Crippen molar-refractivity contribution < 1.29 is 9.59 Å². The van der Waals surface area contributed by atoms with Gasteiger partial charge in [0, 0.05) is 17.0 Å². The Balaban J connectivity index is 2.02. The molecule has 2 amide bonds. The van der Waals surface area contributed by atoms with Gasteiger partial charge in [-0.2, -0.15) is 10.5 Å². The Morgan fingerprint density at radius 1 is 1.42 bits per heavy atom. The predicted molar refractivity (Wildman–Crippen MR) is 99.4 cm³/mol. The molecule has 0 aromatic heterocycles. The first-order chi connectivity index (χ1) is 12.3. The van der Waals surface area contributed by atoms with Crippen molar-refractivity contribution in [2.75, 3.05) is 5.75 Å². The topological polar surface area (TPSA) is 106 Å². The van der Waals surface area contributed by atoms with E-state index in [1.165, 1.54) is 0 Å². The summed E-state index contributed by atoms with van der Waals surface area (Å²) in [6.07, 6.45) is 0. The summed E-state index contributed by atoms with van der Waals surface area (Å²) in [5, 5.41) is 24.9. The molecule has 0 saturated heterocycles. The Labute approximate surface area is 161 Å². The van der Waals surface area contributed by atoms with Crippen molar-refractivity contribution in [2.24, 2.45) is 11.3 Å². The molecule has 8 heteroatoms. The second kappa shape index (κ2) is 8.27. The van der Waals surface area contributed by atoms with E-state index in [-0.39, 0.29) is 11.7 Å². The largest absolute Gasteiger partial charge is 0.351 e. The number of amides is 2. The Morgan fingerprint density at radius 2 is 2.15 bits per heavy atom. The Bertz CT molecular complexity index is 851. The van der Waals surface area contributed by atoms with Crippen molar-refractivity contribution in [3.8, 4) is 12.1 Å². The van der Waals surface area contributed by atoms with Gasteiger partial charge in [-0.3, -0.25) is 9.59 Å². The van der Waals surface area contributed by atoms with E-state index in [0.717, 1.165) is 17.3 Å². The molecule has 0 bridgehead atoms. The van der Waals surface area contributed by atoms with E-state index in [0.29, 0.717) is 22.2 Å². The SMILES string of the molecule is CC1(C)C(C#N)=C(SCC(=O)NCc2cccc(Cl)c2)NC(=O)[C@H]1C#N. The Kier molecular flexibility index (Phi) is 6.31. The second-order valence-corrected chi connectivity index (χ2v) is 7.71. The first-order valence-corrected chi connectivity index (χ1v) is 9.15. The van der Waals surface area contributed by atoms with Crippen LogP contribution in [0.2, 0.25) is 5.02 Å². The zero-order chi connectivity index (χ0) is 19.3. The highest BCUT2D eigenvalue weighted by Crippen LogP contribution is 2.41. The minimum atomic E-state index is -0.946. The highest BCUT2D eigenvalue weighted by atomic mass is 35.5. The fraction of sp³-hybridized carbons (Fsp3) is 0.333. The van der Waals surface area contributed by atoms with E-state index in [9.17, 15) is 20.1 Å². The van der Waals surface area contributed by atoms with Crippen molar-refractivity contribution in [2.45, 2.75) is 20.4 Å². The third-order valence-electron chi connectivity index (χ3n) is 4.06. The van der Waals surface area contributed by atoms with Crippen LogP contribution in [0.15, 0.2) is 34.9 Å². The highest BCUT2D eigenvalue weighted by Gasteiger charge is 2.44. The van der Waals surface area contributed by atoms with Gasteiger partial charge >= 0.3 is 0 Å². The number of carbonyl (C=O) groups is 2.